The van der Waals surface area contributed by atoms with Gasteiger partial charge in [-0.1, -0.05) is 5.21 Å². The Morgan fingerprint density at radius 3 is 3.12 bits per heavy atom. The van der Waals surface area contributed by atoms with Crippen molar-refractivity contribution in [2.75, 3.05) is 24.6 Å². The van der Waals surface area contributed by atoms with Crippen LogP contribution in [-0.2, 0) is 13.1 Å². The van der Waals surface area contributed by atoms with E-state index in [1.54, 1.807) is 0 Å². The molecule has 0 bridgehead atoms. The third-order valence-electron chi connectivity index (χ3n) is 2.92. The number of hydrogen-bond donors (Lipinski definition) is 1. The van der Waals surface area contributed by atoms with Crippen LogP contribution in [0.4, 0.5) is 0 Å². The topological polar surface area (TPSA) is 60.0 Å². The lowest BCUT2D eigenvalue weighted by molar-refractivity contribution is 0.220. The number of rotatable bonds is 4. The van der Waals surface area contributed by atoms with Gasteiger partial charge in [0, 0.05) is 43.4 Å². The third kappa shape index (κ3) is 2.96. The Hall–Kier alpha value is -0.590. The summed E-state index contributed by atoms with van der Waals surface area (Å²) in [6.07, 6.45) is 1.93. The molecule has 1 aliphatic rings. The molecule has 1 aliphatic heterocycles. The van der Waals surface area contributed by atoms with Gasteiger partial charge in [-0.15, -0.1) is 5.10 Å². The molecule has 1 saturated heterocycles. The maximum Gasteiger partial charge on any atom is 0.0962 e. The molecule has 0 amide bonds. The van der Waals surface area contributed by atoms with Gasteiger partial charge in [-0.3, -0.25) is 9.58 Å². The van der Waals surface area contributed by atoms with Gasteiger partial charge >= 0.3 is 0 Å². The fourth-order valence-corrected chi connectivity index (χ4v) is 2.95. The lowest BCUT2D eigenvalue weighted by atomic mass is 10.3. The normalized spacial score (nSPS) is 22.5. The van der Waals surface area contributed by atoms with Crippen LogP contribution in [0.3, 0.4) is 0 Å². The van der Waals surface area contributed by atoms with E-state index in [9.17, 15) is 0 Å². The van der Waals surface area contributed by atoms with Gasteiger partial charge < -0.3 is 5.73 Å². The first-order valence-electron chi connectivity index (χ1n) is 5.70. The van der Waals surface area contributed by atoms with Gasteiger partial charge in [0.05, 0.1) is 12.2 Å². The van der Waals surface area contributed by atoms with E-state index in [1.165, 1.54) is 18.1 Å². The Morgan fingerprint density at radius 2 is 2.44 bits per heavy atom. The van der Waals surface area contributed by atoms with Crippen molar-refractivity contribution >= 4 is 11.8 Å². The zero-order chi connectivity index (χ0) is 11.4. The van der Waals surface area contributed by atoms with Crippen molar-refractivity contribution in [2.24, 2.45) is 5.73 Å². The fraction of sp³-hybridized carbons (Fsp3) is 0.800. The Labute approximate surface area is 100 Å². The standard InChI is InChI=1S/C10H19N5S/c1-9-8-16-5-4-14(9)2-3-15-7-10(6-11)12-13-15/h7,9H,2-6,8,11H2,1H3. The molecular weight excluding hydrogens is 222 g/mol. The second-order valence-corrected chi connectivity index (χ2v) is 5.29. The van der Waals surface area contributed by atoms with Gasteiger partial charge in [-0.05, 0) is 6.92 Å². The van der Waals surface area contributed by atoms with E-state index in [-0.39, 0.29) is 0 Å². The molecule has 0 aliphatic carbocycles. The predicted octanol–water partition coefficient (Wildman–Crippen LogP) is 0.174. The molecule has 1 aromatic heterocycles. The highest BCUT2D eigenvalue weighted by Crippen LogP contribution is 2.15. The summed E-state index contributed by atoms with van der Waals surface area (Å²) in [6, 6.07) is 0.677. The van der Waals surface area contributed by atoms with E-state index in [0.29, 0.717) is 12.6 Å². The van der Waals surface area contributed by atoms with Crippen LogP contribution < -0.4 is 5.73 Å². The summed E-state index contributed by atoms with van der Waals surface area (Å²) < 4.78 is 1.89. The smallest absolute Gasteiger partial charge is 0.0962 e. The second kappa shape index (κ2) is 5.65. The first kappa shape index (κ1) is 11.9. The summed E-state index contributed by atoms with van der Waals surface area (Å²) in [5, 5.41) is 8.03. The molecule has 0 spiro atoms. The summed E-state index contributed by atoms with van der Waals surface area (Å²) in [5.41, 5.74) is 6.36. The van der Waals surface area contributed by atoms with Crippen molar-refractivity contribution in [2.45, 2.75) is 26.1 Å². The molecule has 5 nitrogen and oxygen atoms in total. The van der Waals surface area contributed by atoms with Gasteiger partial charge in [0.1, 0.15) is 0 Å². The van der Waals surface area contributed by atoms with Crippen LogP contribution in [0.5, 0.6) is 0 Å². The molecule has 6 heteroatoms. The molecule has 2 rings (SSSR count). The minimum Gasteiger partial charge on any atom is -0.325 e. The SMILES string of the molecule is CC1CSCCN1CCn1cc(CN)nn1. The summed E-state index contributed by atoms with van der Waals surface area (Å²) >= 11 is 2.04. The number of aromatic nitrogens is 3. The fourth-order valence-electron chi connectivity index (χ4n) is 1.87. The molecule has 2 heterocycles. The lowest BCUT2D eigenvalue weighted by Gasteiger charge is -2.32. The van der Waals surface area contributed by atoms with Gasteiger partial charge in [0.2, 0.25) is 0 Å². The largest absolute Gasteiger partial charge is 0.325 e. The van der Waals surface area contributed by atoms with Crippen molar-refractivity contribution in [3.8, 4) is 0 Å². The van der Waals surface area contributed by atoms with Crippen LogP contribution in [0.25, 0.3) is 0 Å². The van der Waals surface area contributed by atoms with Gasteiger partial charge in [-0.25, -0.2) is 0 Å². The molecule has 0 aromatic carbocycles. The van der Waals surface area contributed by atoms with E-state index in [0.717, 1.165) is 18.8 Å². The van der Waals surface area contributed by atoms with Crippen LogP contribution in [0.15, 0.2) is 6.20 Å². The van der Waals surface area contributed by atoms with E-state index in [1.807, 2.05) is 22.6 Å². The van der Waals surface area contributed by atoms with Crippen molar-refractivity contribution in [1.29, 1.82) is 0 Å². The highest BCUT2D eigenvalue weighted by Gasteiger charge is 2.17. The maximum absolute atomic E-state index is 5.50. The van der Waals surface area contributed by atoms with Crippen molar-refractivity contribution in [3.63, 3.8) is 0 Å². The van der Waals surface area contributed by atoms with Crippen molar-refractivity contribution in [1.82, 2.24) is 19.9 Å². The van der Waals surface area contributed by atoms with Crippen LogP contribution in [0.2, 0.25) is 0 Å². The molecule has 16 heavy (non-hydrogen) atoms. The summed E-state index contributed by atoms with van der Waals surface area (Å²) in [4.78, 5) is 2.51. The highest BCUT2D eigenvalue weighted by molar-refractivity contribution is 7.99. The van der Waals surface area contributed by atoms with Crippen molar-refractivity contribution in [3.05, 3.63) is 11.9 Å². The first-order valence-corrected chi connectivity index (χ1v) is 6.86. The zero-order valence-corrected chi connectivity index (χ0v) is 10.5. The monoisotopic (exact) mass is 241 g/mol. The van der Waals surface area contributed by atoms with Crippen molar-refractivity contribution < 1.29 is 0 Å². The molecule has 1 fully saturated rings. The van der Waals surface area contributed by atoms with Gasteiger partial charge in [0.25, 0.3) is 0 Å². The molecular formula is C10H19N5S. The number of nitrogens with two attached hydrogens (primary N) is 1. The van der Waals surface area contributed by atoms with Gasteiger partial charge in [0.15, 0.2) is 0 Å². The Morgan fingerprint density at radius 1 is 1.56 bits per heavy atom. The number of nitrogens with zero attached hydrogens (tertiary/aromatic N) is 4. The second-order valence-electron chi connectivity index (χ2n) is 4.14. The first-order chi connectivity index (χ1) is 7.79. The quantitative estimate of drug-likeness (QED) is 0.814. The Balaban J connectivity index is 1.81. The molecule has 0 saturated carbocycles. The maximum atomic E-state index is 5.50. The van der Waals surface area contributed by atoms with Crippen LogP contribution in [0.1, 0.15) is 12.6 Å². The molecule has 1 unspecified atom stereocenters. The summed E-state index contributed by atoms with van der Waals surface area (Å²) in [6.45, 7) is 5.90. The van der Waals surface area contributed by atoms with E-state index >= 15 is 0 Å². The van der Waals surface area contributed by atoms with Gasteiger partial charge in [-0.2, -0.15) is 11.8 Å². The molecule has 1 aromatic rings. The number of hydrogen-bond acceptors (Lipinski definition) is 5. The minimum absolute atomic E-state index is 0.469. The predicted molar refractivity (Wildman–Crippen MR) is 66.3 cm³/mol. The van der Waals surface area contributed by atoms with Crippen LogP contribution >= 0.6 is 11.8 Å². The lowest BCUT2D eigenvalue weighted by Crippen LogP contribution is -2.42. The average molecular weight is 241 g/mol. The minimum atomic E-state index is 0.469. The zero-order valence-electron chi connectivity index (χ0n) is 9.67. The Bertz CT molecular complexity index is 327. The number of thioether (sulfide) groups is 1. The summed E-state index contributed by atoms with van der Waals surface area (Å²) in [5.74, 6) is 2.49. The Kier molecular flexibility index (Phi) is 4.20. The average Bonchev–Trinajstić information content (AvgIpc) is 2.76. The molecule has 2 N–H and O–H groups in total. The van der Waals surface area contributed by atoms with E-state index in [4.69, 9.17) is 5.73 Å². The molecule has 1 atom stereocenters. The van der Waals surface area contributed by atoms with Crippen LogP contribution in [0, 0.1) is 0 Å². The molecule has 0 radical (unpaired) electrons. The third-order valence-corrected chi connectivity index (χ3v) is 4.11. The highest BCUT2D eigenvalue weighted by atomic mass is 32.2. The van der Waals surface area contributed by atoms with Crippen LogP contribution in [-0.4, -0.2) is 50.5 Å². The summed E-state index contributed by atoms with van der Waals surface area (Å²) in [7, 11) is 0. The van der Waals surface area contributed by atoms with E-state index in [2.05, 4.69) is 22.1 Å². The molecule has 90 valence electrons. The van der Waals surface area contributed by atoms with E-state index < -0.39 is 0 Å².